The van der Waals surface area contributed by atoms with Gasteiger partial charge in [0.25, 0.3) is 0 Å². The van der Waals surface area contributed by atoms with Crippen LogP contribution in [-0.4, -0.2) is 17.5 Å². The molecule has 0 amide bonds. The minimum atomic E-state index is 0.320. The van der Waals surface area contributed by atoms with Crippen molar-refractivity contribution in [3.8, 4) is 0 Å². The summed E-state index contributed by atoms with van der Waals surface area (Å²) in [6.07, 6.45) is 7.46. The van der Waals surface area contributed by atoms with Gasteiger partial charge in [-0.2, -0.15) is 11.8 Å². The van der Waals surface area contributed by atoms with Crippen LogP contribution in [0.15, 0.2) is 18.2 Å². The predicted octanol–water partition coefficient (Wildman–Crippen LogP) is 5.32. The second-order valence-corrected chi connectivity index (χ2v) is 7.24. The Kier molecular flexibility index (Phi) is 5.88. The molecule has 0 heterocycles. The van der Waals surface area contributed by atoms with E-state index in [0.29, 0.717) is 22.1 Å². The molecule has 3 atom stereocenters. The third-order valence-electron chi connectivity index (χ3n) is 3.89. The Balaban J connectivity index is 1.96. The molecule has 1 aromatic rings. The largest absolute Gasteiger partial charge is 0.307 e. The van der Waals surface area contributed by atoms with Crippen LogP contribution in [0.5, 0.6) is 0 Å². The van der Waals surface area contributed by atoms with E-state index in [-0.39, 0.29) is 0 Å². The summed E-state index contributed by atoms with van der Waals surface area (Å²) in [6, 6.07) is 6.84. The fraction of sp³-hybridized carbons (Fsp3) is 0.600. The molecular weight excluding hydrogens is 297 g/mol. The summed E-state index contributed by atoms with van der Waals surface area (Å²) < 4.78 is 0. The van der Waals surface area contributed by atoms with E-state index in [0.717, 1.165) is 5.25 Å². The van der Waals surface area contributed by atoms with Gasteiger partial charge in [0.1, 0.15) is 0 Å². The van der Waals surface area contributed by atoms with Crippen molar-refractivity contribution in [2.75, 3.05) is 6.26 Å². The number of benzene rings is 1. The van der Waals surface area contributed by atoms with Crippen molar-refractivity contribution in [3.63, 3.8) is 0 Å². The molecule has 1 aromatic carbocycles. The Labute approximate surface area is 130 Å². The van der Waals surface area contributed by atoms with Crippen molar-refractivity contribution in [2.45, 2.75) is 49.9 Å². The highest BCUT2D eigenvalue weighted by Crippen LogP contribution is 2.30. The average molecular weight is 318 g/mol. The molecule has 1 fully saturated rings. The Morgan fingerprint density at radius 1 is 1.26 bits per heavy atom. The highest BCUT2D eigenvalue weighted by molar-refractivity contribution is 7.99. The molecule has 0 radical (unpaired) electrons. The summed E-state index contributed by atoms with van der Waals surface area (Å²) in [7, 11) is 0. The molecule has 1 N–H and O–H groups in total. The minimum absolute atomic E-state index is 0.320. The maximum Gasteiger partial charge on any atom is 0.0595 e. The fourth-order valence-electron chi connectivity index (χ4n) is 2.74. The molecule has 1 nitrogen and oxygen atoms in total. The smallest absolute Gasteiger partial charge is 0.0595 e. The highest BCUT2D eigenvalue weighted by Gasteiger charge is 2.22. The number of halogens is 2. The zero-order chi connectivity index (χ0) is 13.8. The van der Waals surface area contributed by atoms with Crippen LogP contribution in [0.3, 0.4) is 0 Å². The third kappa shape index (κ3) is 4.29. The van der Waals surface area contributed by atoms with Crippen LogP contribution in [0.4, 0.5) is 0 Å². The molecule has 0 aromatic heterocycles. The van der Waals surface area contributed by atoms with Crippen LogP contribution in [0, 0.1) is 0 Å². The van der Waals surface area contributed by atoms with Gasteiger partial charge in [0, 0.05) is 17.3 Å². The molecule has 2 rings (SSSR count). The number of nitrogens with one attached hydrogen (secondary N) is 1. The first-order valence-electron chi connectivity index (χ1n) is 6.84. The van der Waals surface area contributed by atoms with E-state index in [1.165, 1.54) is 31.2 Å². The average Bonchev–Trinajstić information content (AvgIpc) is 2.42. The quantitative estimate of drug-likeness (QED) is 0.806. The first kappa shape index (κ1) is 15.5. The lowest BCUT2D eigenvalue weighted by Gasteiger charge is -2.31. The third-order valence-corrected chi connectivity index (χ3v) is 5.72. The molecular formula is C15H21Cl2NS. The fourth-order valence-corrected chi connectivity index (χ4v) is 3.88. The van der Waals surface area contributed by atoms with Crippen LogP contribution < -0.4 is 5.32 Å². The molecule has 19 heavy (non-hydrogen) atoms. The Morgan fingerprint density at radius 3 is 2.74 bits per heavy atom. The highest BCUT2D eigenvalue weighted by atomic mass is 35.5. The summed E-state index contributed by atoms with van der Waals surface area (Å²) >= 11 is 14.0. The monoisotopic (exact) mass is 317 g/mol. The lowest BCUT2D eigenvalue weighted by Crippen LogP contribution is -2.36. The Hall–Kier alpha value is 0.110. The van der Waals surface area contributed by atoms with E-state index in [1.54, 1.807) is 0 Å². The summed E-state index contributed by atoms with van der Waals surface area (Å²) in [4.78, 5) is 0. The molecule has 1 saturated carbocycles. The lowest BCUT2D eigenvalue weighted by molar-refractivity contribution is 0.353. The molecule has 3 unspecified atom stereocenters. The lowest BCUT2D eigenvalue weighted by atomic mass is 9.93. The SMILES string of the molecule is CSC1CCCC(NC(C)c2ccc(Cl)c(Cl)c2)C1. The van der Waals surface area contributed by atoms with E-state index in [1.807, 2.05) is 23.9 Å². The number of hydrogen-bond acceptors (Lipinski definition) is 2. The van der Waals surface area contributed by atoms with Gasteiger partial charge in [0.2, 0.25) is 0 Å². The van der Waals surface area contributed by atoms with E-state index >= 15 is 0 Å². The first-order chi connectivity index (χ1) is 9.10. The van der Waals surface area contributed by atoms with Crippen LogP contribution in [0.1, 0.15) is 44.2 Å². The predicted molar refractivity (Wildman–Crippen MR) is 87.6 cm³/mol. The van der Waals surface area contributed by atoms with Crippen molar-refractivity contribution in [1.29, 1.82) is 0 Å². The number of rotatable bonds is 4. The molecule has 4 heteroatoms. The van der Waals surface area contributed by atoms with Crippen molar-refractivity contribution in [1.82, 2.24) is 5.32 Å². The Morgan fingerprint density at radius 2 is 2.05 bits per heavy atom. The topological polar surface area (TPSA) is 12.0 Å². The van der Waals surface area contributed by atoms with Crippen molar-refractivity contribution < 1.29 is 0 Å². The van der Waals surface area contributed by atoms with Gasteiger partial charge in [-0.15, -0.1) is 0 Å². The molecule has 0 aliphatic heterocycles. The van der Waals surface area contributed by atoms with Gasteiger partial charge in [-0.3, -0.25) is 0 Å². The number of thioether (sulfide) groups is 1. The van der Waals surface area contributed by atoms with Gasteiger partial charge in [0.15, 0.2) is 0 Å². The molecule has 1 aliphatic carbocycles. The van der Waals surface area contributed by atoms with Crippen molar-refractivity contribution in [2.24, 2.45) is 0 Å². The van der Waals surface area contributed by atoms with Gasteiger partial charge in [-0.1, -0.05) is 35.7 Å². The van der Waals surface area contributed by atoms with E-state index in [9.17, 15) is 0 Å². The second kappa shape index (κ2) is 7.21. The normalized spacial score (nSPS) is 25.3. The zero-order valence-electron chi connectivity index (χ0n) is 11.5. The van der Waals surface area contributed by atoms with Gasteiger partial charge in [-0.05, 0) is 50.1 Å². The van der Waals surface area contributed by atoms with Crippen LogP contribution in [0.25, 0.3) is 0 Å². The molecule has 0 bridgehead atoms. The van der Waals surface area contributed by atoms with Gasteiger partial charge < -0.3 is 5.32 Å². The standard InChI is InChI=1S/C15H21Cl2NS/c1-10(11-6-7-14(16)15(17)8-11)18-12-4-3-5-13(9-12)19-2/h6-8,10,12-13,18H,3-5,9H2,1-2H3. The summed E-state index contributed by atoms with van der Waals surface area (Å²) in [5.74, 6) is 0. The van der Waals surface area contributed by atoms with E-state index in [2.05, 4.69) is 24.6 Å². The maximum absolute atomic E-state index is 6.08. The zero-order valence-corrected chi connectivity index (χ0v) is 13.8. The van der Waals surface area contributed by atoms with E-state index in [4.69, 9.17) is 23.2 Å². The molecule has 0 saturated heterocycles. The van der Waals surface area contributed by atoms with Gasteiger partial charge in [0.05, 0.1) is 10.0 Å². The van der Waals surface area contributed by atoms with Crippen LogP contribution in [0.2, 0.25) is 10.0 Å². The maximum atomic E-state index is 6.08. The Bertz CT molecular complexity index is 425. The van der Waals surface area contributed by atoms with Crippen LogP contribution in [-0.2, 0) is 0 Å². The van der Waals surface area contributed by atoms with Gasteiger partial charge in [-0.25, -0.2) is 0 Å². The van der Waals surface area contributed by atoms with Crippen molar-refractivity contribution in [3.05, 3.63) is 33.8 Å². The van der Waals surface area contributed by atoms with Crippen molar-refractivity contribution >= 4 is 35.0 Å². The van der Waals surface area contributed by atoms with Crippen LogP contribution >= 0.6 is 35.0 Å². The molecule has 106 valence electrons. The minimum Gasteiger partial charge on any atom is -0.307 e. The molecule has 1 aliphatic rings. The van der Waals surface area contributed by atoms with Gasteiger partial charge >= 0.3 is 0 Å². The number of hydrogen-bond donors (Lipinski definition) is 1. The summed E-state index contributed by atoms with van der Waals surface area (Å²) in [6.45, 7) is 2.20. The van der Waals surface area contributed by atoms with E-state index < -0.39 is 0 Å². The second-order valence-electron chi connectivity index (χ2n) is 5.28. The molecule has 0 spiro atoms. The summed E-state index contributed by atoms with van der Waals surface area (Å²) in [5.41, 5.74) is 1.21. The summed E-state index contributed by atoms with van der Waals surface area (Å²) in [5, 5.41) is 5.80. The first-order valence-corrected chi connectivity index (χ1v) is 8.88.